The van der Waals surface area contributed by atoms with Crippen LogP contribution in [-0.2, 0) is 10.2 Å². The molecule has 0 aliphatic heterocycles. The van der Waals surface area contributed by atoms with E-state index in [0.29, 0.717) is 0 Å². The Balaban J connectivity index is 1.37. The Morgan fingerprint density at radius 2 is 1.55 bits per heavy atom. The van der Waals surface area contributed by atoms with Crippen LogP contribution in [0.15, 0.2) is 96.2 Å². The number of hydrogen-bond donors (Lipinski definition) is 2. The first-order valence-electron chi connectivity index (χ1n) is 9.79. The number of carbonyl (C=O) groups excluding carboxylic acids is 1. The third kappa shape index (κ3) is 3.03. The van der Waals surface area contributed by atoms with E-state index < -0.39 is 0 Å². The van der Waals surface area contributed by atoms with Crippen molar-refractivity contribution >= 4 is 23.0 Å². The quantitative estimate of drug-likeness (QED) is 0.386. The molecule has 5 rings (SSSR count). The van der Waals surface area contributed by atoms with Crippen molar-refractivity contribution in [3.63, 3.8) is 0 Å². The molecular formula is C25H21N3O. The first-order valence-corrected chi connectivity index (χ1v) is 9.79. The van der Waals surface area contributed by atoms with Crippen molar-refractivity contribution < 1.29 is 4.79 Å². The van der Waals surface area contributed by atoms with Gasteiger partial charge in [0, 0.05) is 28.1 Å². The largest absolute Gasteiger partial charge is 0.361 e. The minimum atomic E-state index is -0.275. The number of aromatic nitrogens is 1. The molecule has 1 heterocycles. The van der Waals surface area contributed by atoms with Crippen molar-refractivity contribution in [1.29, 1.82) is 0 Å². The van der Waals surface area contributed by atoms with Crippen molar-refractivity contribution in [2.75, 3.05) is 0 Å². The average molecular weight is 379 g/mol. The van der Waals surface area contributed by atoms with Gasteiger partial charge in [-0.1, -0.05) is 78.9 Å². The number of nitrogens with one attached hydrogen (secondary N) is 2. The van der Waals surface area contributed by atoms with E-state index in [1.807, 2.05) is 66.9 Å². The summed E-state index contributed by atoms with van der Waals surface area (Å²) in [4.78, 5) is 16.1. The minimum absolute atomic E-state index is 0.0474. The normalized spacial score (nSPS) is 17.4. The summed E-state index contributed by atoms with van der Waals surface area (Å²) in [5, 5.41) is 5.32. The number of nitrogens with zero attached hydrogens (tertiary/aromatic N) is 1. The van der Waals surface area contributed by atoms with Crippen molar-refractivity contribution in [2.45, 2.75) is 11.8 Å². The highest BCUT2D eigenvalue weighted by atomic mass is 16.2. The fraction of sp³-hybridized carbons (Fsp3) is 0.120. The lowest BCUT2D eigenvalue weighted by Crippen LogP contribution is -2.25. The summed E-state index contributed by atoms with van der Waals surface area (Å²) in [7, 11) is 0. The van der Waals surface area contributed by atoms with Gasteiger partial charge in [0.15, 0.2) is 0 Å². The number of hydrazone groups is 1. The van der Waals surface area contributed by atoms with Gasteiger partial charge in [0.1, 0.15) is 0 Å². The smallest absolute Gasteiger partial charge is 0.244 e. The topological polar surface area (TPSA) is 57.2 Å². The average Bonchev–Trinajstić information content (AvgIpc) is 3.43. The number of hydrogen-bond acceptors (Lipinski definition) is 2. The lowest BCUT2D eigenvalue weighted by Gasteiger charge is -2.18. The summed E-state index contributed by atoms with van der Waals surface area (Å²) in [6.45, 7) is 0. The standard InChI is InChI=1S/C25H21N3O/c29-24(28-27-17-18-16-26-23-14-8-7-13-21(18)23)22-15-25(22,19-9-3-1-4-10-19)20-11-5-2-6-12-20/h1-14,16-17,22,26H,15H2,(H,28,29)/b27-17+. The fourth-order valence-corrected chi connectivity index (χ4v) is 4.30. The van der Waals surface area contributed by atoms with Gasteiger partial charge in [-0.15, -0.1) is 0 Å². The van der Waals surface area contributed by atoms with E-state index in [1.54, 1.807) is 6.21 Å². The maximum Gasteiger partial charge on any atom is 0.244 e. The van der Waals surface area contributed by atoms with Gasteiger partial charge in [0.2, 0.25) is 5.91 Å². The second-order valence-corrected chi connectivity index (χ2v) is 7.48. The van der Waals surface area contributed by atoms with Gasteiger partial charge in [-0.25, -0.2) is 5.43 Å². The predicted octanol–water partition coefficient (Wildman–Crippen LogP) is 4.62. The molecule has 1 aromatic heterocycles. The van der Waals surface area contributed by atoms with Gasteiger partial charge in [-0.3, -0.25) is 4.79 Å². The van der Waals surface area contributed by atoms with Crippen LogP contribution in [0, 0.1) is 5.92 Å². The van der Waals surface area contributed by atoms with Gasteiger partial charge in [-0.05, 0) is 23.6 Å². The first-order chi connectivity index (χ1) is 14.3. The Kier molecular flexibility index (Phi) is 4.24. The number of H-pyrrole nitrogens is 1. The monoisotopic (exact) mass is 379 g/mol. The second kappa shape index (κ2) is 7.06. The van der Waals surface area contributed by atoms with Gasteiger partial charge >= 0.3 is 0 Å². The molecule has 4 aromatic rings. The number of benzene rings is 3. The maximum absolute atomic E-state index is 12.9. The molecule has 4 heteroatoms. The van der Waals surface area contributed by atoms with E-state index in [9.17, 15) is 4.79 Å². The van der Waals surface area contributed by atoms with Crippen molar-refractivity contribution in [3.05, 3.63) is 108 Å². The van der Waals surface area contributed by atoms with Crippen LogP contribution in [0.4, 0.5) is 0 Å². The van der Waals surface area contributed by atoms with E-state index in [4.69, 9.17) is 0 Å². The summed E-state index contributed by atoms with van der Waals surface area (Å²) < 4.78 is 0. The van der Waals surface area contributed by atoms with E-state index in [0.717, 1.165) is 22.9 Å². The molecule has 1 fully saturated rings. The Morgan fingerprint density at radius 1 is 0.931 bits per heavy atom. The lowest BCUT2D eigenvalue weighted by molar-refractivity contribution is -0.122. The molecule has 1 aliphatic rings. The fourth-order valence-electron chi connectivity index (χ4n) is 4.30. The summed E-state index contributed by atoms with van der Waals surface area (Å²) in [5.74, 6) is -0.179. The second-order valence-electron chi connectivity index (χ2n) is 7.48. The van der Waals surface area contributed by atoms with Crippen LogP contribution in [0.1, 0.15) is 23.1 Å². The molecule has 1 aliphatic carbocycles. The molecule has 4 nitrogen and oxygen atoms in total. The van der Waals surface area contributed by atoms with Crippen molar-refractivity contribution in [2.24, 2.45) is 11.0 Å². The number of rotatable bonds is 5. The van der Waals surface area contributed by atoms with Crippen molar-refractivity contribution in [1.82, 2.24) is 10.4 Å². The van der Waals surface area contributed by atoms with Crippen LogP contribution in [0.3, 0.4) is 0 Å². The van der Waals surface area contributed by atoms with E-state index in [-0.39, 0.29) is 17.2 Å². The highest BCUT2D eigenvalue weighted by Crippen LogP contribution is 2.58. The Bertz CT molecular complexity index is 1140. The van der Waals surface area contributed by atoms with Gasteiger partial charge in [0.25, 0.3) is 0 Å². The van der Waals surface area contributed by atoms with Gasteiger partial charge < -0.3 is 4.98 Å². The summed E-state index contributed by atoms with van der Waals surface area (Å²) >= 11 is 0. The van der Waals surface area contributed by atoms with Crippen LogP contribution in [-0.4, -0.2) is 17.1 Å². The predicted molar refractivity (Wildman–Crippen MR) is 116 cm³/mol. The molecule has 0 bridgehead atoms. The Morgan fingerprint density at radius 3 is 2.24 bits per heavy atom. The zero-order valence-electron chi connectivity index (χ0n) is 15.9. The Hall–Kier alpha value is -3.66. The van der Waals surface area contributed by atoms with E-state index in [1.165, 1.54) is 11.1 Å². The molecule has 0 radical (unpaired) electrons. The van der Waals surface area contributed by atoms with E-state index in [2.05, 4.69) is 39.8 Å². The number of aromatic amines is 1. The molecular weight excluding hydrogens is 358 g/mol. The molecule has 29 heavy (non-hydrogen) atoms. The van der Waals surface area contributed by atoms with Crippen LogP contribution in [0.2, 0.25) is 0 Å². The number of carbonyl (C=O) groups is 1. The molecule has 1 amide bonds. The highest BCUT2D eigenvalue weighted by molar-refractivity contribution is 5.99. The molecule has 1 atom stereocenters. The van der Waals surface area contributed by atoms with Crippen molar-refractivity contribution in [3.8, 4) is 0 Å². The molecule has 142 valence electrons. The molecule has 0 spiro atoms. The zero-order valence-corrected chi connectivity index (χ0v) is 15.9. The third-order valence-corrected chi connectivity index (χ3v) is 5.85. The molecule has 3 aromatic carbocycles. The zero-order chi connectivity index (χ0) is 19.7. The molecule has 0 saturated heterocycles. The van der Waals surface area contributed by atoms with E-state index >= 15 is 0 Å². The summed E-state index contributed by atoms with van der Waals surface area (Å²) in [6, 6.07) is 28.6. The molecule has 2 N–H and O–H groups in total. The first kappa shape index (κ1) is 17.4. The number of amides is 1. The number of fused-ring (bicyclic) bond motifs is 1. The van der Waals surface area contributed by atoms with Crippen LogP contribution in [0.25, 0.3) is 10.9 Å². The van der Waals surface area contributed by atoms with Gasteiger partial charge in [0.05, 0.1) is 12.1 Å². The lowest BCUT2D eigenvalue weighted by atomic mass is 9.85. The SMILES string of the molecule is O=C(N/N=C/c1c[nH]c2ccccc12)C1CC1(c1ccccc1)c1ccccc1. The van der Waals surface area contributed by atoms with Crippen LogP contribution in [0.5, 0.6) is 0 Å². The van der Waals surface area contributed by atoms with Crippen LogP contribution < -0.4 is 5.43 Å². The van der Waals surface area contributed by atoms with Crippen LogP contribution >= 0.6 is 0 Å². The summed E-state index contributed by atoms with van der Waals surface area (Å²) in [6.07, 6.45) is 4.39. The summed E-state index contributed by atoms with van der Waals surface area (Å²) in [5.41, 5.74) is 6.83. The minimum Gasteiger partial charge on any atom is -0.361 e. The Labute approximate surface area is 169 Å². The maximum atomic E-state index is 12.9. The molecule has 1 saturated carbocycles. The highest BCUT2D eigenvalue weighted by Gasteiger charge is 2.60. The third-order valence-electron chi connectivity index (χ3n) is 5.85. The number of para-hydroxylation sites is 1. The molecule has 1 unspecified atom stereocenters. The van der Waals surface area contributed by atoms with Gasteiger partial charge in [-0.2, -0.15) is 5.10 Å².